The minimum atomic E-state index is -3.81. The van der Waals surface area contributed by atoms with Gasteiger partial charge < -0.3 is 14.8 Å². The van der Waals surface area contributed by atoms with Crippen molar-refractivity contribution in [1.29, 1.82) is 5.26 Å². The molecular weight excluding hydrogens is 410 g/mol. The summed E-state index contributed by atoms with van der Waals surface area (Å²) in [5.41, 5.74) is 0.707. The van der Waals surface area contributed by atoms with Gasteiger partial charge in [0.1, 0.15) is 5.82 Å². The summed E-state index contributed by atoms with van der Waals surface area (Å²) in [6.07, 6.45) is 0.921. The minimum absolute atomic E-state index is 0.0392. The molecule has 0 unspecified atom stereocenters. The van der Waals surface area contributed by atoms with Crippen LogP contribution in [0.4, 0.5) is 5.82 Å². The third-order valence-corrected chi connectivity index (χ3v) is 5.74. The number of rotatable bonds is 8. The molecule has 10 nitrogen and oxygen atoms in total. The molecule has 0 fully saturated rings. The number of anilines is 1. The molecule has 0 spiro atoms. The Labute approximate surface area is 174 Å². The lowest BCUT2D eigenvalue weighted by atomic mass is 10.3. The molecule has 160 valence electrons. The minimum Gasteiger partial charge on any atom is -0.490 e. The van der Waals surface area contributed by atoms with Gasteiger partial charge in [-0.25, -0.2) is 17.8 Å². The fourth-order valence-electron chi connectivity index (χ4n) is 2.87. The number of nitrogens with one attached hydrogen (secondary N) is 2. The number of ether oxygens (including phenoxy) is 2. The van der Waals surface area contributed by atoms with E-state index >= 15 is 0 Å². The molecule has 2 N–H and O–H groups in total. The molecule has 30 heavy (non-hydrogen) atoms. The van der Waals surface area contributed by atoms with Gasteiger partial charge in [-0.1, -0.05) is 0 Å². The van der Waals surface area contributed by atoms with Crippen molar-refractivity contribution in [2.24, 2.45) is 0 Å². The van der Waals surface area contributed by atoms with Crippen LogP contribution in [-0.2, 0) is 21.4 Å². The highest BCUT2D eigenvalue weighted by molar-refractivity contribution is 7.89. The molecule has 2 heterocycles. The van der Waals surface area contributed by atoms with Crippen LogP contribution >= 0.6 is 0 Å². The maximum Gasteiger partial charge on any atom is 0.240 e. The van der Waals surface area contributed by atoms with Gasteiger partial charge in [-0.2, -0.15) is 10.4 Å². The van der Waals surface area contributed by atoms with Crippen molar-refractivity contribution in [2.45, 2.75) is 37.6 Å². The first-order chi connectivity index (χ1) is 14.4. The van der Waals surface area contributed by atoms with Gasteiger partial charge in [0.25, 0.3) is 0 Å². The number of carbonyl (C=O) groups excluding carboxylic acids is 1. The number of amides is 1. The number of nitrogens with zero attached hydrogens (tertiary/aromatic N) is 3. The number of carbonyl (C=O) groups is 1. The molecule has 1 aromatic heterocycles. The first kappa shape index (κ1) is 21.6. The lowest BCUT2D eigenvalue weighted by Crippen LogP contribution is -2.28. The van der Waals surface area contributed by atoms with E-state index in [1.54, 1.807) is 23.7 Å². The Bertz CT molecular complexity index is 1060. The van der Waals surface area contributed by atoms with Crippen LogP contribution in [0.5, 0.6) is 11.5 Å². The maximum absolute atomic E-state index is 12.5. The summed E-state index contributed by atoms with van der Waals surface area (Å²) in [5.74, 6) is 0.997. The zero-order chi connectivity index (χ0) is 21.6. The van der Waals surface area contributed by atoms with E-state index in [1.165, 1.54) is 12.1 Å². The third-order valence-electron chi connectivity index (χ3n) is 4.28. The molecule has 0 aliphatic carbocycles. The van der Waals surface area contributed by atoms with Crippen LogP contribution in [0.1, 0.15) is 25.0 Å². The number of aromatic nitrogens is 2. The molecule has 0 bridgehead atoms. The summed E-state index contributed by atoms with van der Waals surface area (Å²) in [4.78, 5) is 12.3. The van der Waals surface area contributed by atoms with Gasteiger partial charge >= 0.3 is 0 Å². The normalized spacial score (nSPS) is 13.3. The third kappa shape index (κ3) is 5.49. The van der Waals surface area contributed by atoms with Crippen LogP contribution in [0.15, 0.2) is 29.2 Å². The number of hydrogen-bond acceptors (Lipinski definition) is 7. The van der Waals surface area contributed by atoms with Gasteiger partial charge in [-0.3, -0.25) is 4.79 Å². The number of benzene rings is 1. The van der Waals surface area contributed by atoms with Gasteiger partial charge in [0.2, 0.25) is 15.9 Å². The molecule has 1 aliphatic rings. The summed E-state index contributed by atoms with van der Waals surface area (Å²) in [7, 11) is -3.81. The summed E-state index contributed by atoms with van der Waals surface area (Å²) >= 11 is 0. The Morgan fingerprint density at radius 2 is 2.03 bits per heavy atom. The van der Waals surface area contributed by atoms with Crippen molar-refractivity contribution in [3.05, 3.63) is 30.0 Å². The monoisotopic (exact) mass is 433 g/mol. The second-order valence-corrected chi connectivity index (χ2v) is 8.42. The van der Waals surface area contributed by atoms with Gasteiger partial charge in [0, 0.05) is 31.5 Å². The highest BCUT2D eigenvalue weighted by atomic mass is 32.2. The van der Waals surface area contributed by atoms with Crippen LogP contribution < -0.4 is 19.5 Å². The molecule has 1 aliphatic heterocycles. The first-order valence-electron chi connectivity index (χ1n) is 9.49. The standard InChI is InChI=1S/C19H23N5O5S/c1-14-12-18(24(23-14)9-2-7-20)22-19(25)6-8-21-30(26,27)15-4-5-16-17(13-15)29-11-3-10-28-16/h4-5,12-13,21H,2-3,6,8-11H2,1H3,(H,22,25). The van der Waals surface area contributed by atoms with Gasteiger partial charge in [0.05, 0.1) is 42.8 Å². The van der Waals surface area contributed by atoms with Crippen molar-refractivity contribution < 1.29 is 22.7 Å². The Morgan fingerprint density at radius 1 is 1.27 bits per heavy atom. The maximum atomic E-state index is 12.5. The van der Waals surface area contributed by atoms with Crippen LogP contribution in [-0.4, -0.2) is 43.9 Å². The predicted octanol–water partition coefficient (Wildman–Crippen LogP) is 1.57. The largest absolute Gasteiger partial charge is 0.490 e. The molecule has 0 radical (unpaired) electrons. The molecule has 1 aromatic carbocycles. The van der Waals surface area contributed by atoms with E-state index in [4.69, 9.17) is 14.7 Å². The number of sulfonamides is 1. The molecular formula is C19H23N5O5S. The van der Waals surface area contributed by atoms with Crippen molar-refractivity contribution in [3.8, 4) is 17.6 Å². The van der Waals surface area contributed by atoms with E-state index in [0.717, 1.165) is 6.42 Å². The molecule has 11 heteroatoms. The van der Waals surface area contributed by atoms with Gasteiger partial charge in [0.15, 0.2) is 11.5 Å². The van der Waals surface area contributed by atoms with Crippen LogP contribution in [0.25, 0.3) is 0 Å². The topological polar surface area (TPSA) is 135 Å². The lowest BCUT2D eigenvalue weighted by Gasteiger charge is -2.11. The second-order valence-electron chi connectivity index (χ2n) is 6.66. The van der Waals surface area contributed by atoms with Crippen LogP contribution in [0.2, 0.25) is 0 Å². The van der Waals surface area contributed by atoms with Crippen molar-refractivity contribution in [2.75, 3.05) is 25.1 Å². The number of nitriles is 1. The Kier molecular flexibility index (Phi) is 6.91. The average Bonchev–Trinajstić information content (AvgIpc) is 2.90. The molecule has 3 rings (SSSR count). The highest BCUT2D eigenvalue weighted by Gasteiger charge is 2.19. The van der Waals surface area contributed by atoms with Crippen molar-refractivity contribution in [1.82, 2.24) is 14.5 Å². The van der Waals surface area contributed by atoms with Gasteiger partial charge in [-0.05, 0) is 19.1 Å². The summed E-state index contributed by atoms with van der Waals surface area (Å²) in [6.45, 7) is 3.03. The fourth-order valence-corrected chi connectivity index (χ4v) is 3.92. The SMILES string of the molecule is Cc1cc(NC(=O)CCNS(=O)(=O)c2ccc3c(c2)OCCCO3)n(CCC#N)n1. The lowest BCUT2D eigenvalue weighted by molar-refractivity contribution is -0.116. The molecule has 2 aromatic rings. The Balaban J connectivity index is 1.56. The van der Waals surface area contributed by atoms with Gasteiger partial charge in [-0.15, -0.1) is 0 Å². The van der Waals surface area contributed by atoms with Crippen molar-refractivity contribution in [3.63, 3.8) is 0 Å². The Morgan fingerprint density at radius 3 is 2.80 bits per heavy atom. The molecule has 0 saturated heterocycles. The van der Waals surface area contributed by atoms with E-state index in [0.29, 0.717) is 42.8 Å². The molecule has 0 atom stereocenters. The highest BCUT2D eigenvalue weighted by Crippen LogP contribution is 2.31. The number of fused-ring (bicyclic) bond motifs is 1. The smallest absolute Gasteiger partial charge is 0.240 e. The average molecular weight is 433 g/mol. The molecule has 0 saturated carbocycles. The summed E-state index contributed by atoms with van der Waals surface area (Å²) in [6, 6.07) is 8.13. The predicted molar refractivity (Wildman–Crippen MR) is 108 cm³/mol. The van der Waals surface area contributed by atoms with E-state index in [-0.39, 0.29) is 30.2 Å². The zero-order valence-electron chi connectivity index (χ0n) is 16.6. The van der Waals surface area contributed by atoms with E-state index in [9.17, 15) is 13.2 Å². The van der Waals surface area contributed by atoms with E-state index < -0.39 is 10.0 Å². The van der Waals surface area contributed by atoms with E-state index in [1.807, 2.05) is 6.07 Å². The summed E-state index contributed by atoms with van der Waals surface area (Å²) in [5, 5.41) is 15.6. The zero-order valence-corrected chi connectivity index (χ0v) is 17.4. The fraction of sp³-hybridized carbons (Fsp3) is 0.421. The van der Waals surface area contributed by atoms with Crippen LogP contribution in [0.3, 0.4) is 0 Å². The quantitative estimate of drug-likeness (QED) is 0.645. The first-order valence-corrected chi connectivity index (χ1v) is 11.0. The molecule has 1 amide bonds. The van der Waals surface area contributed by atoms with E-state index in [2.05, 4.69) is 15.1 Å². The summed E-state index contributed by atoms with van der Waals surface area (Å²) < 4.78 is 40.1. The van der Waals surface area contributed by atoms with Crippen molar-refractivity contribution >= 4 is 21.7 Å². The number of aryl methyl sites for hydroxylation is 2. The van der Waals surface area contributed by atoms with Crippen LogP contribution in [0, 0.1) is 18.3 Å². The number of hydrogen-bond donors (Lipinski definition) is 2. The Hall–Kier alpha value is -3.10. The second kappa shape index (κ2) is 9.60.